The van der Waals surface area contributed by atoms with Crippen LogP contribution in [0, 0.1) is 29.1 Å². The van der Waals surface area contributed by atoms with Gasteiger partial charge in [-0.3, -0.25) is 30.5 Å². The number of carbonyl (C=O) groups excluding carboxylic acids is 1. The third-order valence-electron chi connectivity index (χ3n) is 8.67. The fourth-order valence-corrected chi connectivity index (χ4v) is 6.35. The minimum Gasteiger partial charge on any atom is -0.481 e. The second-order valence-corrected chi connectivity index (χ2v) is 11.1. The summed E-state index contributed by atoms with van der Waals surface area (Å²) in [5.41, 5.74) is 7.94. The lowest BCUT2D eigenvalue weighted by Gasteiger charge is -2.49. The predicted octanol–water partition coefficient (Wildman–Crippen LogP) is 1.23. The van der Waals surface area contributed by atoms with Crippen LogP contribution in [-0.4, -0.2) is 73.1 Å². The first-order valence-corrected chi connectivity index (χ1v) is 14.0. The SMILES string of the molecule is N#CCC1CCN(C2NC3CNNC(=O)C3C(Nc3ccc(N4CCC(CCC(=O)O)CC4)cc3)N2)CC1. The van der Waals surface area contributed by atoms with Crippen molar-refractivity contribution in [2.75, 3.05) is 42.9 Å². The first-order chi connectivity index (χ1) is 18.5. The molecule has 4 aliphatic heterocycles. The second kappa shape index (κ2) is 12.3. The molecule has 4 heterocycles. The number of anilines is 2. The Labute approximate surface area is 224 Å². The maximum absolute atomic E-state index is 12.8. The molecule has 11 heteroatoms. The van der Waals surface area contributed by atoms with Crippen molar-refractivity contribution in [3.63, 3.8) is 0 Å². The zero-order chi connectivity index (χ0) is 26.5. The van der Waals surface area contributed by atoms with Crippen LogP contribution >= 0.6 is 0 Å². The van der Waals surface area contributed by atoms with Crippen LogP contribution < -0.4 is 31.7 Å². The van der Waals surface area contributed by atoms with Gasteiger partial charge in [0.05, 0.1) is 18.2 Å². The average molecular weight is 525 g/mol. The molecule has 38 heavy (non-hydrogen) atoms. The number of hydrogen-bond acceptors (Lipinski definition) is 9. The smallest absolute Gasteiger partial charge is 0.303 e. The number of piperidine rings is 2. The monoisotopic (exact) mass is 524 g/mol. The number of benzene rings is 1. The maximum Gasteiger partial charge on any atom is 0.303 e. The first-order valence-electron chi connectivity index (χ1n) is 14.0. The quantitative estimate of drug-likeness (QED) is 0.294. The molecular formula is C27H40N8O3. The van der Waals surface area contributed by atoms with E-state index in [2.05, 4.69) is 66.9 Å². The van der Waals surface area contributed by atoms with Gasteiger partial charge in [0.15, 0.2) is 0 Å². The molecule has 1 amide bonds. The Balaban J connectivity index is 1.20. The van der Waals surface area contributed by atoms with Crippen molar-refractivity contribution >= 4 is 23.3 Å². The fourth-order valence-electron chi connectivity index (χ4n) is 6.35. The molecule has 0 radical (unpaired) electrons. The summed E-state index contributed by atoms with van der Waals surface area (Å²) in [6, 6.07) is 10.7. The molecule has 4 unspecified atom stereocenters. The van der Waals surface area contributed by atoms with E-state index in [1.54, 1.807) is 0 Å². The third kappa shape index (κ3) is 6.38. The number of hydrogen-bond donors (Lipinski definition) is 6. The van der Waals surface area contributed by atoms with Gasteiger partial charge in [-0.25, -0.2) is 5.43 Å². The number of rotatable bonds is 8. The van der Waals surface area contributed by atoms with Gasteiger partial charge in [-0.05, 0) is 68.2 Å². The lowest BCUT2D eigenvalue weighted by Crippen LogP contribution is -2.77. The number of carbonyl (C=O) groups is 2. The van der Waals surface area contributed by atoms with E-state index in [4.69, 9.17) is 10.4 Å². The van der Waals surface area contributed by atoms with Crippen molar-refractivity contribution in [1.29, 1.82) is 5.26 Å². The molecule has 0 saturated carbocycles. The van der Waals surface area contributed by atoms with Crippen LogP contribution in [0.25, 0.3) is 0 Å². The van der Waals surface area contributed by atoms with Gasteiger partial charge >= 0.3 is 5.97 Å². The van der Waals surface area contributed by atoms with Crippen LogP contribution in [0.5, 0.6) is 0 Å². The maximum atomic E-state index is 12.8. The third-order valence-corrected chi connectivity index (χ3v) is 8.67. The Hall–Kier alpha value is -2.91. The second-order valence-electron chi connectivity index (χ2n) is 11.1. The van der Waals surface area contributed by atoms with Crippen molar-refractivity contribution < 1.29 is 14.7 Å². The minimum atomic E-state index is -0.710. The van der Waals surface area contributed by atoms with E-state index in [0.717, 1.165) is 64.0 Å². The highest BCUT2D eigenvalue weighted by atomic mass is 16.4. The number of nitrogens with zero attached hydrogens (tertiary/aromatic N) is 3. The Bertz CT molecular complexity index is 999. The number of carboxylic acid groups (broad SMARTS) is 1. The zero-order valence-electron chi connectivity index (χ0n) is 21.9. The number of hydrazine groups is 1. The molecule has 0 aromatic heterocycles. The normalized spacial score (nSPS) is 29.2. The van der Waals surface area contributed by atoms with Crippen LogP contribution in [0.1, 0.15) is 44.9 Å². The van der Waals surface area contributed by atoms with Gasteiger partial charge in [-0.2, -0.15) is 5.26 Å². The molecule has 4 aliphatic rings. The number of amides is 1. The summed E-state index contributed by atoms with van der Waals surface area (Å²) in [7, 11) is 0. The van der Waals surface area contributed by atoms with Gasteiger partial charge in [-0.1, -0.05) is 0 Å². The molecule has 4 fully saturated rings. The largest absolute Gasteiger partial charge is 0.481 e. The minimum absolute atomic E-state index is 0.00831. The molecule has 1 aromatic carbocycles. The average Bonchev–Trinajstić information content (AvgIpc) is 2.93. The van der Waals surface area contributed by atoms with E-state index in [0.29, 0.717) is 24.8 Å². The molecule has 0 spiro atoms. The molecule has 11 nitrogen and oxygen atoms in total. The number of aliphatic carboxylic acids is 1. The summed E-state index contributed by atoms with van der Waals surface area (Å²) in [5.74, 6) is -0.0555. The molecule has 4 saturated heterocycles. The molecule has 1 aromatic rings. The summed E-state index contributed by atoms with van der Waals surface area (Å²) < 4.78 is 0. The van der Waals surface area contributed by atoms with E-state index >= 15 is 0 Å². The van der Waals surface area contributed by atoms with Gasteiger partial charge < -0.3 is 15.3 Å². The van der Waals surface area contributed by atoms with Gasteiger partial charge in [0, 0.05) is 63.0 Å². The molecule has 0 aliphatic carbocycles. The van der Waals surface area contributed by atoms with Crippen LogP contribution in [0.2, 0.25) is 0 Å². The first kappa shape index (κ1) is 26.7. The summed E-state index contributed by atoms with van der Waals surface area (Å²) in [6.07, 6.45) is 5.42. The van der Waals surface area contributed by atoms with E-state index in [1.165, 1.54) is 5.69 Å². The highest BCUT2D eigenvalue weighted by Gasteiger charge is 2.45. The van der Waals surface area contributed by atoms with Crippen molar-refractivity contribution in [2.45, 2.75) is 63.4 Å². The summed E-state index contributed by atoms with van der Waals surface area (Å²) >= 11 is 0. The van der Waals surface area contributed by atoms with Crippen LogP contribution in [0.4, 0.5) is 11.4 Å². The molecule has 206 valence electrons. The lowest BCUT2D eigenvalue weighted by molar-refractivity contribution is -0.137. The Kier molecular flexibility index (Phi) is 8.64. The van der Waals surface area contributed by atoms with E-state index < -0.39 is 5.97 Å². The summed E-state index contributed by atoms with van der Waals surface area (Å²) in [5, 5.41) is 28.9. The lowest BCUT2D eigenvalue weighted by atomic mass is 9.90. The van der Waals surface area contributed by atoms with Crippen molar-refractivity contribution in [3.05, 3.63) is 24.3 Å². The van der Waals surface area contributed by atoms with Gasteiger partial charge in [0.2, 0.25) is 5.91 Å². The highest BCUT2D eigenvalue weighted by Crippen LogP contribution is 2.29. The highest BCUT2D eigenvalue weighted by molar-refractivity contribution is 5.81. The predicted molar refractivity (Wildman–Crippen MR) is 144 cm³/mol. The number of carboxylic acids is 1. The standard InChI is InChI=1S/C27H40N8O3/c28-12-7-19-10-15-35(16-11-19)27-31-22-17-29-33-26(38)24(22)25(32-27)30-20-2-4-21(5-3-20)34-13-8-18(9-14-34)1-6-23(36)37/h2-5,18-19,22,24-25,27,29-32H,1,6-11,13-17H2,(H,33,38)(H,36,37). The van der Waals surface area contributed by atoms with Gasteiger partial charge in [0.25, 0.3) is 0 Å². The fraction of sp³-hybridized carbons (Fsp3) is 0.667. The van der Waals surface area contributed by atoms with E-state index in [-0.39, 0.29) is 36.7 Å². The van der Waals surface area contributed by atoms with E-state index in [9.17, 15) is 9.59 Å². The topological polar surface area (TPSA) is 145 Å². The van der Waals surface area contributed by atoms with Crippen molar-refractivity contribution in [2.24, 2.45) is 17.8 Å². The Morgan fingerprint density at radius 1 is 1.05 bits per heavy atom. The molecular weight excluding hydrogens is 484 g/mol. The zero-order valence-corrected chi connectivity index (χ0v) is 21.9. The van der Waals surface area contributed by atoms with Crippen LogP contribution in [0.3, 0.4) is 0 Å². The number of likely N-dealkylation sites (tertiary alicyclic amines) is 1. The summed E-state index contributed by atoms with van der Waals surface area (Å²) in [4.78, 5) is 28.4. The van der Waals surface area contributed by atoms with E-state index in [1.807, 2.05) is 0 Å². The Morgan fingerprint density at radius 3 is 2.45 bits per heavy atom. The molecule has 0 bridgehead atoms. The van der Waals surface area contributed by atoms with Crippen LogP contribution in [-0.2, 0) is 9.59 Å². The van der Waals surface area contributed by atoms with Crippen molar-refractivity contribution in [1.82, 2.24) is 26.4 Å². The van der Waals surface area contributed by atoms with Crippen molar-refractivity contribution in [3.8, 4) is 6.07 Å². The number of nitrogens with one attached hydrogen (secondary N) is 5. The molecule has 5 rings (SSSR count). The molecule has 6 N–H and O–H groups in total. The summed E-state index contributed by atoms with van der Waals surface area (Å²) in [6.45, 7) is 4.37. The number of nitriles is 1. The van der Waals surface area contributed by atoms with Crippen LogP contribution in [0.15, 0.2) is 24.3 Å². The Morgan fingerprint density at radius 2 is 1.76 bits per heavy atom. The van der Waals surface area contributed by atoms with Gasteiger partial charge in [0.1, 0.15) is 6.29 Å². The van der Waals surface area contributed by atoms with Gasteiger partial charge in [-0.15, -0.1) is 0 Å². The molecule has 4 atom stereocenters. The number of fused-ring (bicyclic) bond motifs is 1.